The summed E-state index contributed by atoms with van der Waals surface area (Å²) in [6.45, 7) is 6.59. The van der Waals surface area contributed by atoms with Crippen molar-refractivity contribution in [1.82, 2.24) is 20.5 Å². The molecule has 19 atom stereocenters. The molecule has 6 unspecified atom stereocenters. The van der Waals surface area contributed by atoms with E-state index >= 15 is 0 Å². The second-order valence-electron chi connectivity index (χ2n) is 24.3. The Labute approximate surface area is 538 Å². The molecule has 8 rings (SSSR count). The zero-order valence-electron chi connectivity index (χ0n) is 52.2. The van der Waals surface area contributed by atoms with Gasteiger partial charge in [0.25, 0.3) is 0 Å². The van der Waals surface area contributed by atoms with Gasteiger partial charge >= 0.3 is 23.6 Å². The highest BCUT2D eigenvalue weighted by molar-refractivity contribution is 5.79. The zero-order valence-corrected chi connectivity index (χ0v) is 52.2. The quantitative estimate of drug-likeness (QED) is 0.0921. The molecule has 3 aromatic carbocycles. The van der Waals surface area contributed by atoms with E-state index in [0.717, 1.165) is 22.3 Å². The SMILES string of the molecule is CC1OC(O[C@H]2/C=C/C=C/C=C/C=C/C=C/C=C/C=C/[C@H](C)[C@@H](O)[C@@H](C)C(C)OC(=O)C[C@H](O)C[C@H](O)CC[C@@H](O)[C@H](O)C[C@H](O)C[C@]3(O)C[C@H](O)[C@@H](C(=O)On4nnc5ccccc5c4=O)[C@H](C2)O3)C(O)C(NC(=O)OCC2c3ccccc3-c3ccccc32)C1O. The number of fused-ring (bicyclic) bond motifs is 6. The largest absolute Gasteiger partial charge is 0.462 e. The molecule has 1 aliphatic carbocycles. The van der Waals surface area contributed by atoms with Crippen LogP contribution in [-0.2, 0) is 33.3 Å². The number of hydrogen-bond donors (Lipinski definition) is 11. The molecular weight excluding hydrogens is 1200 g/mol. The molecule has 0 spiro atoms. The normalized spacial score (nSPS) is 35.7. The van der Waals surface area contributed by atoms with Gasteiger partial charge in [0.15, 0.2) is 12.1 Å². The predicted octanol–water partition coefficient (Wildman–Crippen LogP) is 3.97. The van der Waals surface area contributed by atoms with Crippen LogP contribution in [0, 0.1) is 17.8 Å². The van der Waals surface area contributed by atoms with E-state index in [2.05, 4.69) is 15.6 Å². The van der Waals surface area contributed by atoms with Crippen LogP contribution >= 0.6 is 0 Å². The second kappa shape index (κ2) is 33.6. The van der Waals surface area contributed by atoms with Gasteiger partial charge in [-0.15, -0.1) is 5.10 Å². The number of allylic oxidation sites excluding steroid dienone is 12. The van der Waals surface area contributed by atoms with Crippen LogP contribution in [0.25, 0.3) is 22.0 Å². The minimum absolute atomic E-state index is 0.0351. The van der Waals surface area contributed by atoms with Crippen LogP contribution in [0.3, 0.4) is 0 Å². The Morgan fingerprint density at radius 3 is 1.90 bits per heavy atom. The predicted molar refractivity (Wildman–Crippen MR) is 339 cm³/mol. The Bertz CT molecular complexity index is 3380. The second-order valence-corrected chi connectivity index (χ2v) is 24.3. The highest BCUT2D eigenvalue weighted by Crippen LogP contribution is 2.45. The molecule has 2 fully saturated rings. The fourth-order valence-corrected chi connectivity index (χ4v) is 12.0. The first-order valence-corrected chi connectivity index (χ1v) is 31.4. The molecule has 4 heterocycles. The Morgan fingerprint density at radius 1 is 0.645 bits per heavy atom. The number of aliphatic hydroxyl groups excluding tert-OH is 9. The van der Waals surface area contributed by atoms with E-state index in [4.69, 9.17) is 28.5 Å². The monoisotopic (exact) mass is 1290 g/mol. The maximum absolute atomic E-state index is 14.4. The Morgan fingerprint density at radius 2 is 1.25 bits per heavy atom. The Kier molecular flexibility index (Phi) is 25.8. The molecule has 93 heavy (non-hydrogen) atoms. The van der Waals surface area contributed by atoms with E-state index in [-0.39, 0.29) is 48.6 Å². The van der Waals surface area contributed by atoms with Crippen LogP contribution in [0.1, 0.15) is 96.1 Å². The van der Waals surface area contributed by atoms with Crippen molar-refractivity contribution in [3.8, 4) is 11.1 Å². The number of esters is 1. The summed E-state index contributed by atoms with van der Waals surface area (Å²) < 4.78 is 30.1. The van der Waals surface area contributed by atoms with Gasteiger partial charge in [-0.3, -0.25) is 9.59 Å². The molecule has 1 amide bonds. The van der Waals surface area contributed by atoms with Gasteiger partial charge in [-0.2, -0.15) is 0 Å². The number of amides is 1. The summed E-state index contributed by atoms with van der Waals surface area (Å²) in [4.78, 5) is 60.3. The summed E-state index contributed by atoms with van der Waals surface area (Å²) >= 11 is 0. The molecule has 2 saturated heterocycles. The van der Waals surface area contributed by atoms with Crippen molar-refractivity contribution in [2.75, 3.05) is 6.61 Å². The summed E-state index contributed by atoms with van der Waals surface area (Å²) in [5, 5.41) is 124. The van der Waals surface area contributed by atoms with Crippen LogP contribution in [0.15, 0.2) is 163 Å². The maximum atomic E-state index is 14.4. The first-order chi connectivity index (χ1) is 44.5. The topological polar surface area (TPSA) is 369 Å². The molecule has 4 aromatic rings. The van der Waals surface area contributed by atoms with E-state index < -0.39 is 165 Å². The first-order valence-electron chi connectivity index (χ1n) is 31.4. The average Bonchev–Trinajstić information content (AvgIpc) is 1.73. The van der Waals surface area contributed by atoms with E-state index in [1.54, 1.807) is 98.9 Å². The van der Waals surface area contributed by atoms with Crippen LogP contribution in [0.4, 0.5) is 4.79 Å². The van der Waals surface area contributed by atoms with Crippen molar-refractivity contribution in [1.29, 1.82) is 0 Å². The number of ether oxygens (including phenoxy) is 5. The molecule has 24 nitrogen and oxygen atoms in total. The number of aromatic nitrogens is 3. The van der Waals surface area contributed by atoms with Crippen molar-refractivity contribution >= 4 is 28.9 Å². The molecular formula is C69H86N4O20. The van der Waals surface area contributed by atoms with Gasteiger partial charge in [0.05, 0.1) is 78.9 Å². The van der Waals surface area contributed by atoms with Crippen molar-refractivity contribution in [2.45, 2.75) is 182 Å². The number of benzene rings is 3. The third kappa shape index (κ3) is 19.4. The fourth-order valence-electron chi connectivity index (χ4n) is 12.0. The van der Waals surface area contributed by atoms with Crippen molar-refractivity contribution < 1.29 is 94.0 Å². The third-order valence-corrected chi connectivity index (χ3v) is 17.3. The number of aliphatic hydroxyl groups is 10. The number of cyclic esters (lactones) is 1. The molecule has 3 aliphatic heterocycles. The van der Waals surface area contributed by atoms with Crippen molar-refractivity contribution in [3.63, 3.8) is 0 Å². The number of rotatable bonds is 7. The minimum atomic E-state index is -2.51. The lowest BCUT2D eigenvalue weighted by Gasteiger charge is -2.45. The van der Waals surface area contributed by atoms with Gasteiger partial charge in [0.2, 0.25) is 0 Å². The van der Waals surface area contributed by atoms with Crippen molar-refractivity contribution in [2.24, 2.45) is 17.8 Å². The summed E-state index contributed by atoms with van der Waals surface area (Å²) in [7, 11) is 0. The number of carbonyl (C=O) groups is 3. The highest BCUT2D eigenvalue weighted by Gasteiger charge is 2.52. The van der Waals surface area contributed by atoms with Gasteiger partial charge < -0.3 is 84.9 Å². The lowest BCUT2D eigenvalue weighted by Crippen LogP contribution is -2.64. The average molecular weight is 1290 g/mol. The standard InChI is InChI=1S/C69H86N4O20/c1-40-23-15-13-11-9-7-5-6-8-10-12-14-16-24-47(91-67-64(83)61(63(82)43(4)90-67)70-68(86)88-39-53-50-27-19-17-25-48(50)49-26-18-20-28-51(49)53)36-58-60(66(85)93-73-65(84)52-29-21-22-30-54(52)71-72-73)57(79)38-69(87,92-58)37-46(76)34-56(78)55(77)32-31-44(74)33-45(75)35-59(80)89-42(3)41(2)62(40)81/h5-30,40-47,53,55-58,60-64,67,74-79,81-83,87H,31-39H2,1-4H3,(H,70,86)/b6-5+,9-7+,10-8+,13-11+,14-12+,23-15+,24-16+/t40-,41-,42?,43?,44+,45+,46-,47-,55+,56+,57-,58-,60+,61?,62+,63?,64?,67?,69+/m0/s1. The molecule has 4 aliphatic rings. The van der Waals surface area contributed by atoms with Crippen molar-refractivity contribution in [3.05, 3.63) is 179 Å². The van der Waals surface area contributed by atoms with Crippen LogP contribution in [0.2, 0.25) is 0 Å². The van der Waals surface area contributed by atoms with Gasteiger partial charge in [-0.25, -0.2) is 9.59 Å². The maximum Gasteiger partial charge on any atom is 0.407 e. The lowest BCUT2D eigenvalue weighted by molar-refractivity contribution is -0.309. The van der Waals surface area contributed by atoms with Gasteiger partial charge in [-0.1, -0.05) is 160 Å². The van der Waals surface area contributed by atoms with Gasteiger partial charge in [0.1, 0.15) is 36.4 Å². The fraction of sp³-hybridized carbons (Fsp3) is 0.478. The number of hydrogen-bond acceptors (Lipinski definition) is 22. The number of nitrogens with one attached hydrogen (secondary N) is 1. The van der Waals surface area contributed by atoms with Gasteiger partial charge in [0, 0.05) is 43.4 Å². The zero-order chi connectivity index (χ0) is 66.9. The highest BCUT2D eigenvalue weighted by atomic mass is 16.7. The molecule has 11 N–H and O–H groups in total. The van der Waals surface area contributed by atoms with E-state index in [1.807, 2.05) is 61.5 Å². The molecule has 0 saturated carbocycles. The van der Waals surface area contributed by atoms with Gasteiger partial charge in [-0.05, 0) is 77.6 Å². The summed E-state index contributed by atoms with van der Waals surface area (Å²) in [5.41, 5.74) is 3.23. The number of carbonyl (C=O) groups excluding carboxylic acids is 3. The summed E-state index contributed by atoms with van der Waals surface area (Å²) in [6, 6.07) is 20.2. The third-order valence-electron chi connectivity index (χ3n) is 17.3. The van der Waals surface area contributed by atoms with E-state index in [1.165, 1.54) is 25.1 Å². The minimum Gasteiger partial charge on any atom is -0.462 e. The molecule has 502 valence electrons. The molecule has 2 bridgehead atoms. The van der Waals surface area contributed by atoms with Crippen LogP contribution in [-0.4, -0.2) is 188 Å². The Hall–Kier alpha value is -7.40. The summed E-state index contributed by atoms with van der Waals surface area (Å²) in [6.07, 6.45) is -0.711. The smallest absolute Gasteiger partial charge is 0.407 e. The lowest BCUT2D eigenvalue weighted by atomic mass is 9.82. The van der Waals surface area contributed by atoms with Crippen LogP contribution < -0.4 is 15.7 Å². The molecule has 24 heteroatoms. The van der Waals surface area contributed by atoms with Crippen LogP contribution in [0.5, 0.6) is 0 Å². The number of nitrogens with zero attached hydrogens (tertiary/aromatic N) is 3. The van der Waals surface area contributed by atoms with E-state index in [0.29, 0.717) is 4.85 Å². The number of alkyl carbamates (subject to hydrolysis) is 1. The Balaban J connectivity index is 1.05. The summed E-state index contributed by atoms with van der Waals surface area (Å²) in [5.74, 6) is -7.43. The molecule has 1 aromatic heterocycles. The van der Waals surface area contributed by atoms with E-state index in [9.17, 15) is 70.2 Å². The first kappa shape index (κ1) is 71.4. The molecule has 0 radical (unpaired) electrons.